The van der Waals surface area contributed by atoms with E-state index in [2.05, 4.69) is 20.4 Å². The number of carbonyl (C=O) groups is 2. The molecule has 6 rings (SSSR count). The number of hydrogen-bond acceptors (Lipinski definition) is 13. The number of ketones is 2. The van der Waals surface area contributed by atoms with E-state index < -0.39 is 21.7 Å². The number of azo groups is 1. The fraction of sp³-hybridized carbons (Fsp3) is 0. The first-order chi connectivity index (χ1) is 22.1. The van der Waals surface area contributed by atoms with Gasteiger partial charge >= 0.3 is 46.9 Å². The van der Waals surface area contributed by atoms with E-state index in [9.17, 15) is 40.3 Å². The summed E-state index contributed by atoms with van der Waals surface area (Å²) in [5.41, 5.74) is 0.683. The van der Waals surface area contributed by atoms with Crippen LogP contribution in [0.15, 0.2) is 129 Å². The molecule has 0 heterocycles. The van der Waals surface area contributed by atoms with Gasteiger partial charge in [0.15, 0.2) is 0 Å². The predicted molar refractivity (Wildman–Crippen MR) is 165 cm³/mol. The van der Waals surface area contributed by atoms with Crippen molar-refractivity contribution < 1.29 is 71.6 Å². The van der Waals surface area contributed by atoms with Crippen molar-refractivity contribution >= 4 is 56.9 Å². The molecule has 4 aromatic carbocycles. The maximum atomic E-state index is 12.0. The first-order valence-corrected chi connectivity index (χ1v) is 13.2. The van der Waals surface area contributed by atoms with E-state index in [0.717, 1.165) is 47.4 Å². The van der Waals surface area contributed by atoms with Gasteiger partial charge in [0.05, 0.1) is 16.3 Å². The van der Waals surface area contributed by atoms with E-state index in [0.29, 0.717) is 10.9 Å². The van der Waals surface area contributed by atoms with Gasteiger partial charge < -0.3 is 25.9 Å². The monoisotopic (exact) mass is 689 g/mol. The van der Waals surface area contributed by atoms with E-state index in [1.165, 1.54) is 12.1 Å². The summed E-state index contributed by atoms with van der Waals surface area (Å²) in [4.78, 5) is 33.8. The average molecular weight is 690 g/mol. The summed E-state index contributed by atoms with van der Waals surface area (Å²) >= 11 is 0. The van der Waals surface area contributed by atoms with Gasteiger partial charge in [-0.25, -0.2) is 0 Å². The van der Waals surface area contributed by atoms with Crippen LogP contribution in [-0.2, 0) is 27.0 Å². The molecule has 4 aromatic rings. The third kappa shape index (κ3) is 8.62. The number of fused-ring (bicyclic) bond motifs is 2. The summed E-state index contributed by atoms with van der Waals surface area (Å²) in [7, 11) is 0. The molecular weight excluding hydrogens is 671 g/mol. The zero-order chi connectivity index (χ0) is 32.8. The Bertz CT molecular complexity index is 2090. The fourth-order valence-corrected chi connectivity index (χ4v) is 4.28. The van der Waals surface area contributed by atoms with Crippen LogP contribution in [0.3, 0.4) is 0 Å². The molecule has 0 saturated heterocycles. The number of nitrogens with zero attached hydrogens (tertiary/aromatic N) is 6. The Morgan fingerprint density at radius 2 is 1.42 bits per heavy atom. The van der Waals surface area contributed by atoms with Crippen LogP contribution in [0.1, 0.15) is 11.1 Å². The van der Waals surface area contributed by atoms with Crippen LogP contribution in [0.5, 0.6) is 11.5 Å². The summed E-state index contributed by atoms with van der Waals surface area (Å²) in [6, 6.07) is 20.4. The molecule has 0 bridgehead atoms. The van der Waals surface area contributed by atoms with Gasteiger partial charge in [-0.1, -0.05) is 84.3 Å². The molecule has 0 unspecified atom stereocenters. The Morgan fingerprint density at radius 1 is 0.729 bits per heavy atom. The number of hydrogen-bond donors (Lipinski definition) is 0. The first-order valence-electron chi connectivity index (χ1n) is 13.2. The molecule has 2 aliphatic rings. The van der Waals surface area contributed by atoms with E-state index in [4.69, 9.17) is 0 Å². The van der Waals surface area contributed by atoms with Gasteiger partial charge in [0.2, 0.25) is 11.6 Å². The van der Waals surface area contributed by atoms with Crippen molar-refractivity contribution in [1.82, 2.24) is 5.23 Å². The van der Waals surface area contributed by atoms with Crippen molar-refractivity contribution in [2.45, 2.75) is 0 Å². The Morgan fingerprint density at radius 3 is 2.17 bits per heavy atom. The second kappa shape index (κ2) is 16.6. The van der Waals surface area contributed by atoms with E-state index >= 15 is 0 Å². The van der Waals surface area contributed by atoms with E-state index in [1.54, 1.807) is 36.4 Å². The molecule has 0 saturated carbocycles. The maximum absolute atomic E-state index is 12.0. The zero-order valence-corrected chi connectivity index (χ0v) is 28.0. The van der Waals surface area contributed by atoms with Crippen LogP contribution in [0.2, 0.25) is 0 Å². The second-order valence-electron chi connectivity index (χ2n) is 9.49. The molecule has 48 heavy (non-hydrogen) atoms. The van der Waals surface area contributed by atoms with Crippen LogP contribution in [0, 0.1) is 20.5 Å². The number of nitro benzene ring substituents is 1. The molecule has 0 fully saturated rings. The summed E-state index contributed by atoms with van der Waals surface area (Å²) in [6.07, 6.45) is 6.21. The van der Waals surface area contributed by atoms with Crippen molar-refractivity contribution in [1.29, 1.82) is 0 Å². The van der Waals surface area contributed by atoms with Gasteiger partial charge in [-0.15, -0.1) is 10.2 Å². The molecular formula is C32H18CrN6NaO8. The van der Waals surface area contributed by atoms with Gasteiger partial charge in [-0.05, 0) is 35.3 Å². The molecule has 231 valence electrons. The maximum Gasteiger partial charge on any atom is 3.00 e. The molecule has 0 aliphatic heterocycles. The van der Waals surface area contributed by atoms with Gasteiger partial charge in [0.25, 0.3) is 5.69 Å². The number of rotatable bonds is 5. The summed E-state index contributed by atoms with van der Waals surface area (Å²) in [5, 5.41) is 71.9. The number of hydroxylamine groups is 2. The van der Waals surface area contributed by atoms with Crippen LogP contribution < -0.4 is 39.8 Å². The summed E-state index contributed by atoms with van der Waals surface area (Å²) in [5.74, 6) is -1.70. The number of non-ortho nitro benzene ring substituents is 1. The predicted octanol–water partition coefficient (Wildman–Crippen LogP) is 2.06. The Labute approximate surface area is 304 Å². The van der Waals surface area contributed by atoms with Crippen LogP contribution in [0.25, 0.3) is 16.8 Å². The smallest absolute Gasteiger partial charge is 0.871 e. The van der Waals surface area contributed by atoms with Gasteiger partial charge in [0, 0.05) is 28.8 Å². The molecule has 0 atom stereocenters. The Hall–Kier alpha value is -5.11. The van der Waals surface area contributed by atoms with Crippen molar-refractivity contribution in [3.63, 3.8) is 0 Å². The minimum Gasteiger partial charge on any atom is -0.871 e. The summed E-state index contributed by atoms with van der Waals surface area (Å²) < 4.78 is 0. The molecule has 0 amide bonds. The zero-order valence-electron chi connectivity index (χ0n) is 24.7. The molecule has 16 heteroatoms. The minimum atomic E-state index is -0.630. The molecule has 2 aliphatic carbocycles. The van der Waals surface area contributed by atoms with Gasteiger partial charge in [-0.2, -0.15) is 10.2 Å². The van der Waals surface area contributed by atoms with Crippen LogP contribution >= 0.6 is 0 Å². The first kappa shape index (κ1) is 37.4. The quantitative estimate of drug-likeness (QED) is 0.0982. The number of nitro groups is 1. The van der Waals surface area contributed by atoms with Gasteiger partial charge in [0.1, 0.15) is 11.4 Å². The second-order valence-corrected chi connectivity index (χ2v) is 9.49. The third-order valence-corrected chi connectivity index (χ3v) is 6.55. The van der Waals surface area contributed by atoms with Crippen molar-refractivity contribution in [2.75, 3.05) is 0 Å². The molecule has 14 nitrogen and oxygen atoms in total. The van der Waals surface area contributed by atoms with Crippen LogP contribution in [0.4, 0.5) is 17.1 Å². The normalized spacial score (nSPS) is 14.9. The van der Waals surface area contributed by atoms with Gasteiger partial charge in [-0.3, -0.25) is 19.7 Å². The Kier molecular flexibility index (Phi) is 12.9. The minimum absolute atomic E-state index is 0. The molecule has 0 aromatic heterocycles. The summed E-state index contributed by atoms with van der Waals surface area (Å²) in [6.45, 7) is 0. The fourth-order valence-electron chi connectivity index (χ4n) is 4.28. The number of carbonyl (C=O) groups excluding carboxylic acids is 2. The molecule has 0 spiro atoms. The number of allylic oxidation sites excluding steroid dienone is 4. The topological polar surface area (TPSA) is 222 Å². The third-order valence-electron chi connectivity index (χ3n) is 6.55. The SMILES string of the molecule is O=C1C=CC(N([O-])[O-])=CC1=NN=C1C(=O)C=Cc2ccccc21.O=[N+]([O-])c1ccc([O-])c(N=Nc2c([O-])ccc3ccccc23)c1.[Cr+3].[Na+]. The molecule has 1 radical (unpaired) electrons. The average Bonchev–Trinajstić information content (AvgIpc) is 3.05. The Balaban J connectivity index is 0.000000250. The standard InChI is InChI=1S/C16H11N3O4.C16H9N3O4.Cr.Na/c2*20-14-8-6-11(19(22)23)9-13(14)17-18-16-12-4-2-1-3-10(12)5-7-15(16)21;;/h1-9,20-21H;1-9H;;/q;-2;+3;+1/p-2. The van der Waals surface area contributed by atoms with Crippen molar-refractivity contribution in [2.24, 2.45) is 20.4 Å². The molecule has 0 N–H and O–H groups in total. The van der Waals surface area contributed by atoms with Crippen molar-refractivity contribution in [3.05, 3.63) is 141 Å². The van der Waals surface area contributed by atoms with E-state index in [-0.39, 0.29) is 92.6 Å². The van der Waals surface area contributed by atoms with Crippen LogP contribution in [-0.4, -0.2) is 33.1 Å². The van der Waals surface area contributed by atoms with Crippen molar-refractivity contribution in [3.8, 4) is 11.5 Å². The van der Waals surface area contributed by atoms with E-state index in [1.807, 2.05) is 24.3 Å². The largest absolute Gasteiger partial charge is 3.00 e. The number of benzene rings is 4.